The molecule has 3 rings (SSSR count). The fourth-order valence-electron chi connectivity index (χ4n) is 2.10. The van der Waals surface area contributed by atoms with Crippen LogP contribution in [-0.2, 0) is 9.59 Å². The highest BCUT2D eigenvalue weighted by Crippen LogP contribution is 2.25. The number of phenolic OH excluding ortho intramolecular Hbond substituents is 1. The molecule has 2 amide bonds. The lowest BCUT2D eigenvalue weighted by atomic mass is 10.2. The van der Waals surface area contributed by atoms with E-state index in [2.05, 4.69) is 20.6 Å². The normalized spacial score (nSPS) is 10.6. The maximum Gasteiger partial charge on any atom is 0.329 e. The minimum Gasteiger partial charge on any atom is -0.507 e. The second kappa shape index (κ2) is 8.67. The van der Waals surface area contributed by atoms with Crippen LogP contribution in [0.1, 0.15) is 5.56 Å². The van der Waals surface area contributed by atoms with Gasteiger partial charge in [0.15, 0.2) is 0 Å². The predicted molar refractivity (Wildman–Crippen MR) is 104 cm³/mol. The summed E-state index contributed by atoms with van der Waals surface area (Å²) in [7, 11) is 0. The van der Waals surface area contributed by atoms with Gasteiger partial charge < -0.3 is 5.11 Å². The highest BCUT2D eigenvalue weighted by Gasteiger charge is 2.16. The summed E-state index contributed by atoms with van der Waals surface area (Å²) in [6.45, 7) is 0. The van der Waals surface area contributed by atoms with Crippen molar-refractivity contribution >= 4 is 40.2 Å². The first-order valence-corrected chi connectivity index (χ1v) is 8.76. The van der Waals surface area contributed by atoms with Crippen molar-refractivity contribution in [3.8, 4) is 16.3 Å². The Hall–Kier alpha value is -4.19. The predicted octanol–water partition coefficient (Wildman–Crippen LogP) is 1.91. The van der Waals surface area contributed by atoms with Crippen LogP contribution in [0.3, 0.4) is 0 Å². The van der Waals surface area contributed by atoms with Crippen molar-refractivity contribution in [2.24, 2.45) is 5.10 Å². The van der Waals surface area contributed by atoms with Crippen LogP contribution >= 0.6 is 11.3 Å². The molecule has 0 spiro atoms. The summed E-state index contributed by atoms with van der Waals surface area (Å²) in [5.41, 5.74) is 2.51. The number of aromatic nitrogens is 2. The number of non-ortho nitro benzene ring substituents is 1. The molecule has 0 radical (unpaired) electrons. The van der Waals surface area contributed by atoms with Gasteiger partial charge in [0.25, 0.3) is 5.69 Å². The van der Waals surface area contributed by atoms with E-state index >= 15 is 0 Å². The van der Waals surface area contributed by atoms with Gasteiger partial charge in [-0.2, -0.15) is 5.10 Å². The number of anilines is 1. The van der Waals surface area contributed by atoms with Crippen molar-refractivity contribution in [2.45, 2.75) is 0 Å². The fourth-order valence-corrected chi connectivity index (χ4v) is 2.84. The topological polar surface area (TPSA) is 160 Å². The molecule has 0 bridgehead atoms. The molecule has 3 aromatic rings. The Morgan fingerprint density at radius 2 is 1.90 bits per heavy atom. The van der Waals surface area contributed by atoms with Crippen LogP contribution in [0.25, 0.3) is 10.6 Å². The molecule has 1 heterocycles. The van der Waals surface area contributed by atoms with E-state index in [1.807, 2.05) is 35.8 Å². The summed E-state index contributed by atoms with van der Waals surface area (Å²) in [4.78, 5) is 33.8. The average Bonchev–Trinajstić information content (AvgIpc) is 3.18. The Morgan fingerprint density at radius 1 is 1.14 bits per heavy atom. The van der Waals surface area contributed by atoms with E-state index in [0.29, 0.717) is 5.01 Å². The number of hydrogen-bond donors (Lipinski definition) is 3. The van der Waals surface area contributed by atoms with Crippen molar-refractivity contribution < 1.29 is 19.6 Å². The van der Waals surface area contributed by atoms with Crippen LogP contribution in [-0.4, -0.2) is 38.3 Å². The van der Waals surface area contributed by atoms with E-state index in [-0.39, 0.29) is 22.1 Å². The van der Waals surface area contributed by atoms with Crippen molar-refractivity contribution in [3.05, 3.63) is 64.2 Å². The molecule has 0 unspecified atom stereocenters. The van der Waals surface area contributed by atoms with Crippen LogP contribution in [0.4, 0.5) is 10.8 Å². The third-order valence-corrected chi connectivity index (χ3v) is 4.35. The highest BCUT2D eigenvalue weighted by molar-refractivity contribution is 7.18. The van der Waals surface area contributed by atoms with Crippen molar-refractivity contribution in [1.82, 2.24) is 15.6 Å². The number of hydrogen-bond acceptors (Lipinski definition) is 9. The summed E-state index contributed by atoms with van der Waals surface area (Å²) in [5, 5.41) is 34.7. The summed E-state index contributed by atoms with van der Waals surface area (Å²) in [6.07, 6.45) is 0.978. The van der Waals surface area contributed by atoms with E-state index in [4.69, 9.17) is 0 Å². The van der Waals surface area contributed by atoms with Gasteiger partial charge in [0.1, 0.15) is 10.8 Å². The van der Waals surface area contributed by atoms with Gasteiger partial charge in [-0.25, -0.2) is 5.43 Å². The summed E-state index contributed by atoms with van der Waals surface area (Å²) in [5.74, 6) is -2.40. The number of nitrogens with zero attached hydrogens (tertiary/aromatic N) is 4. The first-order valence-electron chi connectivity index (χ1n) is 7.95. The lowest BCUT2D eigenvalue weighted by Gasteiger charge is -2.00. The lowest BCUT2D eigenvalue weighted by Crippen LogP contribution is -2.32. The second-order valence-corrected chi connectivity index (χ2v) is 6.41. The smallest absolute Gasteiger partial charge is 0.329 e. The zero-order valence-corrected chi connectivity index (χ0v) is 15.3. The van der Waals surface area contributed by atoms with Crippen LogP contribution in [0, 0.1) is 10.1 Å². The van der Waals surface area contributed by atoms with Crippen molar-refractivity contribution in [2.75, 3.05) is 5.32 Å². The SMILES string of the molecule is O=C(N/N=C/c1cc([N+](=O)[O-])ccc1O)C(=O)Nc1nnc(-c2ccccc2)s1. The Balaban J connectivity index is 1.60. The van der Waals surface area contributed by atoms with E-state index < -0.39 is 16.7 Å². The molecular formula is C17H12N6O5S. The molecule has 0 saturated carbocycles. The summed E-state index contributed by atoms with van der Waals surface area (Å²) < 4.78 is 0. The third kappa shape index (κ3) is 4.95. The van der Waals surface area contributed by atoms with Gasteiger partial charge in [-0.1, -0.05) is 41.7 Å². The van der Waals surface area contributed by atoms with Gasteiger partial charge in [-0.05, 0) is 6.07 Å². The van der Waals surface area contributed by atoms with Gasteiger partial charge >= 0.3 is 11.8 Å². The quantitative estimate of drug-likeness (QED) is 0.250. The molecule has 0 saturated heterocycles. The minimum atomic E-state index is -1.09. The lowest BCUT2D eigenvalue weighted by molar-refractivity contribution is -0.384. The van der Waals surface area contributed by atoms with E-state index in [0.717, 1.165) is 41.3 Å². The maximum atomic E-state index is 11.9. The molecule has 2 aromatic carbocycles. The standard InChI is InChI=1S/C17H12N6O5S/c24-13-7-6-12(23(27)28)8-11(13)9-18-20-15(26)14(25)19-17-22-21-16(29-17)10-4-2-1-3-5-10/h1-9,24H,(H,20,26)(H,19,22,25)/b18-9+. The molecule has 0 aliphatic heterocycles. The molecule has 0 fully saturated rings. The Bertz CT molecular complexity index is 1100. The van der Waals surface area contributed by atoms with Gasteiger partial charge in [-0.3, -0.25) is 25.0 Å². The van der Waals surface area contributed by atoms with Crippen LogP contribution < -0.4 is 10.7 Å². The highest BCUT2D eigenvalue weighted by atomic mass is 32.1. The number of carbonyl (C=O) groups excluding carboxylic acids is 2. The van der Waals surface area contributed by atoms with Gasteiger partial charge in [0, 0.05) is 23.3 Å². The number of rotatable bonds is 5. The second-order valence-electron chi connectivity index (χ2n) is 5.43. The Kier molecular flexibility index (Phi) is 5.85. The number of nitro groups is 1. The zero-order chi connectivity index (χ0) is 20.8. The van der Waals surface area contributed by atoms with E-state index in [1.54, 1.807) is 0 Å². The molecule has 3 N–H and O–H groups in total. The summed E-state index contributed by atoms with van der Waals surface area (Å²) in [6, 6.07) is 12.5. The Morgan fingerprint density at radius 3 is 2.62 bits per heavy atom. The molecule has 0 atom stereocenters. The van der Waals surface area contributed by atoms with Gasteiger partial charge in [0.05, 0.1) is 11.1 Å². The zero-order valence-electron chi connectivity index (χ0n) is 14.5. The maximum absolute atomic E-state index is 11.9. The number of phenols is 1. The molecule has 0 aliphatic rings. The number of nitro benzene ring substituents is 1. The molecule has 11 nitrogen and oxygen atoms in total. The third-order valence-electron chi connectivity index (χ3n) is 3.46. The van der Waals surface area contributed by atoms with Gasteiger partial charge in [0.2, 0.25) is 5.13 Å². The van der Waals surface area contributed by atoms with Crippen molar-refractivity contribution in [3.63, 3.8) is 0 Å². The first-order chi connectivity index (χ1) is 13.9. The Labute approximate surface area is 166 Å². The first kappa shape index (κ1) is 19.6. The van der Waals surface area contributed by atoms with E-state index in [1.165, 1.54) is 0 Å². The van der Waals surface area contributed by atoms with E-state index in [9.17, 15) is 24.8 Å². The number of aromatic hydroxyl groups is 1. The minimum absolute atomic E-state index is 0.00321. The number of carbonyl (C=O) groups is 2. The van der Waals surface area contributed by atoms with Crippen LogP contribution in [0.15, 0.2) is 53.6 Å². The number of nitrogens with one attached hydrogen (secondary N) is 2. The van der Waals surface area contributed by atoms with Crippen LogP contribution in [0.2, 0.25) is 0 Å². The molecule has 12 heteroatoms. The molecular weight excluding hydrogens is 400 g/mol. The summed E-state index contributed by atoms with van der Waals surface area (Å²) >= 11 is 1.09. The van der Waals surface area contributed by atoms with Crippen molar-refractivity contribution in [1.29, 1.82) is 0 Å². The molecule has 146 valence electrons. The fraction of sp³-hybridized carbons (Fsp3) is 0. The monoisotopic (exact) mass is 412 g/mol. The average molecular weight is 412 g/mol. The molecule has 1 aromatic heterocycles. The number of benzene rings is 2. The number of hydrazone groups is 1. The molecule has 29 heavy (non-hydrogen) atoms. The number of amides is 2. The van der Waals surface area contributed by atoms with Gasteiger partial charge in [-0.15, -0.1) is 10.2 Å². The largest absolute Gasteiger partial charge is 0.507 e. The molecule has 0 aliphatic carbocycles. The van der Waals surface area contributed by atoms with Crippen LogP contribution in [0.5, 0.6) is 5.75 Å².